The van der Waals surface area contributed by atoms with E-state index in [1.165, 1.54) is 38.9 Å². The summed E-state index contributed by atoms with van der Waals surface area (Å²) in [5.74, 6) is 1.44. The molecule has 1 aliphatic heterocycles. The number of likely N-dealkylation sites (tertiary alicyclic amines) is 1. The SMILES string of the molecule is COCC(C)NC(N)=NCCCCN1CCC(C)CC1.I. The van der Waals surface area contributed by atoms with Crippen LogP contribution in [0.25, 0.3) is 0 Å². The summed E-state index contributed by atoms with van der Waals surface area (Å²) in [6, 6.07) is 0.207. The molecule has 1 saturated heterocycles. The van der Waals surface area contributed by atoms with Crippen molar-refractivity contribution in [2.24, 2.45) is 16.6 Å². The first-order valence-corrected chi connectivity index (χ1v) is 7.89. The number of ether oxygens (including phenoxy) is 1. The molecule has 1 fully saturated rings. The van der Waals surface area contributed by atoms with E-state index in [1.54, 1.807) is 7.11 Å². The number of hydrogen-bond acceptors (Lipinski definition) is 3. The van der Waals surface area contributed by atoms with Gasteiger partial charge in [0, 0.05) is 19.7 Å². The summed E-state index contributed by atoms with van der Waals surface area (Å²) in [6.07, 6.45) is 5.02. The Kier molecular flexibility index (Phi) is 12.4. The second-order valence-electron chi connectivity index (χ2n) is 6.00. The molecule has 0 aromatic heterocycles. The summed E-state index contributed by atoms with van der Waals surface area (Å²) in [7, 11) is 1.69. The predicted molar refractivity (Wildman–Crippen MR) is 100 cm³/mol. The van der Waals surface area contributed by atoms with Crippen LogP contribution in [0.15, 0.2) is 4.99 Å². The molecule has 1 rings (SSSR count). The Balaban J connectivity index is 0.00000400. The molecule has 0 saturated carbocycles. The number of methoxy groups -OCH3 is 1. The predicted octanol–water partition coefficient (Wildman–Crippen LogP) is 2.06. The lowest BCUT2D eigenvalue weighted by atomic mass is 9.99. The van der Waals surface area contributed by atoms with E-state index in [1.807, 2.05) is 6.92 Å². The molecule has 6 heteroatoms. The van der Waals surface area contributed by atoms with E-state index in [4.69, 9.17) is 10.5 Å². The number of piperidine rings is 1. The van der Waals surface area contributed by atoms with Gasteiger partial charge in [0.15, 0.2) is 5.96 Å². The minimum atomic E-state index is 0. The normalized spacial score (nSPS) is 19.1. The van der Waals surface area contributed by atoms with E-state index in [9.17, 15) is 0 Å². The number of halogens is 1. The third-order valence-electron chi connectivity index (χ3n) is 3.85. The fourth-order valence-electron chi connectivity index (χ4n) is 2.52. The highest BCUT2D eigenvalue weighted by Gasteiger charge is 2.14. The Labute approximate surface area is 147 Å². The maximum atomic E-state index is 5.82. The van der Waals surface area contributed by atoms with Crippen molar-refractivity contribution in [2.75, 3.05) is 39.9 Å². The number of rotatable bonds is 8. The van der Waals surface area contributed by atoms with Gasteiger partial charge < -0.3 is 20.7 Å². The van der Waals surface area contributed by atoms with E-state index in [2.05, 4.69) is 22.1 Å². The van der Waals surface area contributed by atoms with Crippen LogP contribution in [-0.4, -0.2) is 56.8 Å². The first-order chi connectivity index (χ1) is 9.61. The summed E-state index contributed by atoms with van der Waals surface area (Å²) >= 11 is 0. The second-order valence-corrected chi connectivity index (χ2v) is 6.00. The van der Waals surface area contributed by atoms with Crippen LogP contribution in [0.4, 0.5) is 0 Å². The van der Waals surface area contributed by atoms with E-state index >= 15 is 0 Å². The Morgan fingerprint density at radius 3 is 2.67 bits per heavy atom. The quantitative estimate of drug-likeness (QED) is 0.277. The van der Waals surface area contributed by atoms with Gasteiger partial charge in [0.05, 0.1) is 6.61 Å². The molecule has 126 valence electrons. The molecular weight excluding hydrogens is 379 g/mol. The molecule has 3 N–H and O–H groups in total. The largest absolute Gasteiger partial charge is 0.383 e. The van der Waals surface area contributed by atoms with Crippen LogP contribution < -0.4 is 11.1 Å². The van der Waals surface area contributed by atoms with Crippen molar-refractivity contribution in [1.82, 2.24) is 10.2 Å². The number of hydrogen-bond donors (Lipinski definition) is 2. The molecule has 5 nitrogen and oxygen atoms in total. The molecule has 21 heavy (non-hydrogen) atoms. The van der Waals surface area contributed by atoms with Gasteiger partial charge in [-0.3, -0.25) is 4.99 Å². The van der Waals surface area contributed by atoms with Crippen molar-refractivity contribution >= 4 is 29.9 Å². The van der Waals surface area contributed by atoms with Crippen LogP contribution in [0.5, 0.6) is 0 Å². The molecule has 0 aliphatic carbocycles. The van der Waals surface area contributed by atoms with Crippen molar-refractivity contribution < 1.29 is 4.74 Å². The molecular formula is C15H33IN4O. The van der Waals surface area contributed by atoms with Gasteiger partial charge in [-0.15, -0.1) is 24.0 Å². The number of unbranched alkanes of at least 4 members (excludes halogenated alkanes) is 1. The zero-order valence-electron chi connectivity index (χ0n) is 13.8. The van der Waals surface area contributed by atoms with E-state index in [0.29, 0.717) is 12.6 Å². The summed E-state index contributed by atoms with van der Waals surface area (Å²) < 4.78 is 5.04. The number of guanidine groups is 1. The number of aliphatic imine (C=N–C) groups is 1. The molecule has 0 radical (unpaired) electrons. The Morgan fingerprint density at radius 2 is 2.05 bits per heavy atom. The van der Waals surface area contributed by atoms with Gasteiger partial charge >= 0.3 is 0 Å². The maximum Gasteiger partial charge on any atom is 0.188 e. The highest BCUT2D eigenvalue weighted by molar-refractivity contribution is 14.0. The average Bonchev–Trinajstić information content (AvgIpc) is 2.40. The smallest absolute Gasteiger partial charge is 0.188 e. The second kappa shape index (κ2) is 12.5. The van der Waals surface area contributed by atoms with Crippen LogP contribution in [0.1, 0.15) is 39.5 Å². The molecule has 1 atom stereocenters. The summed E-state index contributed by atoms with van der Waals surface area (Å²) in [5, 5.41) is 3.12. The summed E-state index contributed by atoms with van der Waals surface area (Å²) in [5.41, 5.74) is 5.82. The van der Waals surface area contributed by atoms with Crippen molar-refractivity contribution in [2.45, 2.75) is 45.6 Å². The first kappa shape index (κ1) is 20.9. The molecule has 0 aromatic rings. The lowest BCUT2D eigenvalue weighted by Crippen LogP contribution is -2.40. The topological polar surface area (TPSA) is 62.9 Å². The van der Waals surface area contributed by atoms with E-state index < -0.39 is 0 Å². The average molecular weight is 412 g/mol. The van der Waals surface area contributed by atoms with Crippen LogP contribution in [-0.2, 0) is 4.74 Å². The van der Waals surface area contributed by atoms with Gasteiger partial charge in [-0.1, -0.05) is 6.92 Å². The van der Waals surface area contributed by atoms with Gasteiger partial charge in [-0.2, -0.15) is 0 Å². The first-order valence-electron chi connectivity index (χ1n) is 7.89. The Morgan fingerprint density at radius 1 is 1.38 bits per heavy atom. The fraction of sp³-hybridized carbons (Fsp3) is 0.933. The summed E-state index contributed by atoms with van der Waals surface area (Å²) in [6.45, 7) is 9.57. The lowest BCUT2D eigenvalue weighted by molar-refractivity contribution is 0.179. The number of nitrogens with two attached hydrogens (primary N) is 1. The van der Waals surface area contributed by atoms with Gasteiger partial charge in [-0.25, -0.2) is 0 Å². The van der Waals surface area contributed by atoms with Gasteiger partial charge in [-0.05, 0) is 58.2 Å². The standard InChI is InChI=1S/C15H32N4O.HI/c1-13-6-10-19(11-7-13)9-5-4-8-17-15(16)18-14(2)12-20-3;/h13-14H,4-12H2,1-3H3,(H3,16,17,18);1H. The molecule has 1 unspecified atom stereocenters. The minimum Gasteiger partial charge on any atom is -0.383 e. The monoisotopic (exact) mass is 412 g/mol. The lowest BCUT2D eigenvalue weighted by Gasteiger charge is -2.30. The Bertz CT molecular complexity index is 281. The third-order valence-corrected chi connectivity index (χ3v) is 3.85. The van der Waals surface area contributed by atoms with Gasteiger partial charge in [0.2, 0.25) is 0 Å². The molecule has 0 spiro atoms. The van der Waals surface area contributed by atoms with E-state index in [-0.39, 0.29) is 30.0 Å². The van der Waals surface area contributed by atoms with Crippen LogP contribution in [0.3, 0.4) is 0 Å². The van der Waals surface area contributed by atoms with Gasteiger partial charge in [0.25, 0.3) is 0 Å². The zero-order chi connectivity index (χ0) is 14.8. The van der Waals surface area contributed by atoms with Gasteiger partial charge in [0.1, 0.15) is 0 Å². The molecule has 0 aromatic carbocycles. The van der Waals surface area contributed by atoms with Crippen molar-refractivity contribution in [3.05, 3.63) is 0 Å². The zero-order valence-corrected chi connectivity index (χ0v) is 16.1. The maximum absolute atomic E-state index is 5.82. The third kappa shape index (κ3) is 10.3. The van der Waals surface area contributed by atoms with Crippen LogP contribution in [0.2, 0.25) is 0 Å². The number of nitrogens with one attached hydrogen (secondary N) is 1. The fourth-order valence-corrected chi connectivity index (χ4v) is 2.52. The van der Waals surface area contributed by atoms with Crippen LogP contribution in [0, 0.1) is 5.92 Å². The molecule has 1 heterocycles. The van der Waals surface area contributed by atoms with Crippen LogP contribution >= 0.6 is 24.0 Å². The number of nitrogens with zero attached hydrogens (tertiary/aromatic N) is 2. The Hall–Kier alpha value is -0.0800. The van der Waals surface area contributed by atoms with Crippen molar-refractivity contribution in [1.29, 1.82) is 0 Å². The van der Waals surface area contributed by atoms with Crippen molar-refractivity contribution in [3.63, 3.8) is 0 Å². The highest BCUT2D eigenvalue weighted by atomic mass is 127. The summed E-state index contributed by atoms with van der Waals surface area (Å²) in [4.78, 5) is 6.93. The highest BCUT2D eigenvalue weighted by Crippen LogP contribution is 2.16. The minimum absolute atomic E-state index is 0. The van der Waals surface area contributed by atoms with E-state index in [0.717, 1.165) is 18.9 Å². The van der Waals surface area contributed by atoms with Crippen molar-refractivity contribution in [3.8, 4) is 0 Å². The molecule has 0 amide bonds. The molecule has 1 aliphatic rings. The molecule has 0 bridgehead atoms.